The number of para-hydroxylation sites is 1. The van der Waals surface area contributed by atoms with Crippen molar-refractivity contribution in [3.63, 3.8) is 0 Å². The van der Waals surface area contributed by atoms with Crippen LogP contribution < -0.4 is 16.2 Å². The molecule has 0 fully saturated rings. The number of anilines is 2. The molecule has 2 heterocycles. The minimum atomic E-state index is -0.535. The van der Waals surface area contributed by atoms with Crippen molar-refractivity contribution in [2.75, 3.05) is 10.6 Å². The van der Waals surface area contributed by atoms with E-state index in [1.165, 1.54) is 16.0 Å². The zero-order chi connectivity index (χ0) is 22.1. The van der Waals surface area contributed by atoms with Crippen molar-refractivity contribution in [1.82, 2.24) is 14.3 Å². The highest BCUT2D eigenvalue weighted by molar-refractivity contribution is 7.13. The van der Waals surface area contributed by atoms with Crippen molar-refractivity contribution < 1.29 is 9.59 Å². The lowest BCUT2D eigenvalue weighted by Gasteiger charge is -2.15. The Morgan fingerprint density at radius 3 is 2.43 bits per heavy atom. The first-order valence-corrected chi connectivity index (χ1v) is 10.4. The molecule has 158 valence electrons. The maximum absolute atomic E-state index is 12.9. The van der Waals surface area contributed by atoms with E-state index in [9.17, 15) is 14.4 Å². The van der Waals surface area contributed by atoms with Gasteiger partial charge in [0, 0.05) is 17.8 Å². The fourth-order valence-corrected chi connectivity index (χ4v) is 3.50. The third-order valence-electron chi connectivity index (χ3n) is 4.61. The number of benzene rings is 1. The van der Waals surface area contributed by atoms with E-state index in [1.807, 2.05) is 51.1 Å². The first kappa shape index (κ1) is 21.5. The lowest BCUT2D eigenvalue weighted by atomic mass is 9.96. The van der Waals surface area contributed by atoms with Crippen LogP contribution >= 0.6 is 11.3 Å². The Morgan fingerprint density at radius 2 is 1.80 bits per heavy atom. The van der Waals surface area contributed by atoms with E-state index in [4.69, 9.17) is 0 Å². The second-order valence-electron chi connectivity index (χ2n) is 8.01. The summed E-state index contributed by atoms with van der Waals surface area (Å²) in [6.45, 7) is 7.22. The molecular weight excluding hydrogens is 402 g/mol. The highest BCUT2D eigenvalue weighted by Crippen LogP contribution is 2.21. The number of carbonyl (C=O) groups excluding carboxylic acids is 2. The summed E-state index contributed by atoms with van der Waals surface area (Å²) in [5, 5.41) is 7.63. The highest BCUT2D eigenvalue weighted by Gasteiger charge is 2.23. The van der Waals surface area contributed by atoms with E-state index in [2.05, 4.69) is 15.6 Å². The Bertz CT molecular complexity index is 1140. The van der Waals surface area contributed by atoms with Crippen LogP contribution in [0.5, 0.6) is 0 Å². The number of hydrogen-bond acceptors (Lipinski definition) is 5. The number of carbonyl (C=O) groups is 2. The Morgan fingerprint density at radius 1 is 1.13 bits per heavy atom. The average Bonchev–Trinajstić information content (AvgIpc) is 3.19. The lowest BCUT2D eigenvalue weighted by molar-refractivity contribution is -0.123. The minimum Gasteiger partial charge on any atom is -0.320 e. The van der Waals surface area contributed by atoms with E-state index in [0.717, 1.165) is 0 Å². The van der Waals surface area contributed by atoms with E-state index in [-0.39, 0.29) is 29.5 Å². The number of aromatic nitrogens is 3. The maximum Gasteiger partial charge on any atom is 0.295 e. The van der Waals surface area contributed by atoms with Crippen LogP contribution in [0.2, 0.25) is 0 Å². The molecule has 0 saturated heterocycles. The quantitative estimate of drug-likeness (QED) is 0.654. The molecule has 8 nitrogen and oxygen atoms in total. The average molecular weight is 428 g/mol. The van der Waals surface area contributed by atoms with Gasteiger partial charge in [-0.05, 0) is 19.1 Å². The summed E-state index contributed by atoms with van der Waals surface area (Å²) in [7, 11) is 1.77. The van der Waals surface area contributed by atoms with E-state index in [1.54, 1.807) is 24.0 Å². The molecule has 0 aliphatic heterocycles. The van der Waals surface area contributed by atoms with Crippen molar-refractivity contribution in [2.24, 2.45) is 12.5 Å². The number of amides is 2. The van der Waals surface area contributed by atoms with E-state index in [0.29, 0.717) is 22.2 Å². The Balaban J connectivity index is 1.74. The lowest BCUT2D eigenvalue weighted by Crippen LogP contribution is -2.27. The summed E-state index contributed by atoms with van der Waals surface area (Å²) >= 11 is 1.26. The summed E-state index contributed by atoms with van der Waals surface area (Å²) in [5.74, 6) is -0.491. The molecule has 0 spiro atoms. The molecule has 0 unspecified atom stereocenters. The van der Waals surface area contributed by atoms with Crippen LogP contribution in [0.1, 0.15) is 32.2 Å². The van der Waals surface area contributed by atoms with Crippen LogP contribution in [0, 0.1) is 12.3 Å². The normalized spacial score (nSPS) is 11.4. The van der Waals surface area contributed by atoms with Gasteiger partial charge in [0.15, 0.2) is 5.13 Å². The monoisotopic (exact) mass is 427 g/mol. The summed E-state index contributed by atoms with van der Waals surface area (Å²) in [5.41, 5.74) is 1.29. The van der Waals surface area contributed by atoms with Gasteiger partial charge in [-0.15, -0.1) is 11.3 Å². The second kappa shape index (κ2) is 8.27. The molecule has 2 N–H and O–H groups in total. The van der Waals surface area contributed by atoms with Crippen molar-refractivity contribution in [3.8, 4) is 5.69 Å². The number of thiazole rings is 1. The minimum absolute atomic E-state index is 0.000992. The van der Waals surface area contributed by atoms with Crippen molar-refractivity contribution in [2.45, 2.75) is 34.1 Å². The van der Waals surface area contributed by atoms with Gasteiger partial charge in [0.1, 0.15) is 5.69 Å². The molecule has 1 aromatic carbocycles. The highest BCUT2D eigenvalue weighted by atomic mass is 32.1. The van der Waals surface area contributed by atoms with Crippen LogP contribution in [0.4, 0.5) is 10.8 Å². The van der Waals surface area contributed by atoms with Gasteiger partial charge in [0.05, 0.1) is 23.5 Å². The Hall–Kier alpha value is -3.20. The van der Waals surface area contributed by atoms with Gasteiger partial charge < -0.3 is 10.6 Å². The van der Waals surface area contributed by atoms with Gasteiger partial charge in [0.2, 0.25) is 11.8 Å². The topological polar surface area (TPSA) is 98.0 Å². The first-order chi connectivity index (χ1) is 14.1. The van der Waals surface area contributed by atoms with Gasteiger partial charge in [0.25, 0.3) is 5.56 Å². The standard InChI is InChI=1S/C21H25N5O3S/c1-13-17(18(28)26(25(13)5)15-9-7-6-8-10-15)23-16(27)11-14-12-30-20(22-14)24-19(29)21(2,3)4/h6-10,12H,11H2,1-5H3,(H,23,27)(H,22,24,29). The molecule has 0 saturated carbocycles. The molecule has 2 amide bonds. The largest absolute Gasteiger partial charge is 0.320 e. The zero-order valence-corrected chi connectivity index (χ0v) is 18.5. The van der Waals surface area contributed by atoms with Gasteiger partial charge in [-0.1, -0.05) is 39.0 Å². The van der Waals surface area contributed by atoms with Gasteiger partial charge in [-0.3, -0.25) is 19.1 Å². The fraction of sp³-hybridized carbons (Fsp3) is 0.333. The first-order valence-electron chi connectivity index (χ1n) is 9.47. The predicted molar refractivity (Wildman–Crippen MR) is 118 cm³/mol. The van der Waals surface area contributed by atoms with Crippen LogP contribution in [-0.4, -0.2) is 26.2 Å². The van der Waals surface area contributed by atoms with Crippen LogP contribution in [0.15, 0.2) is 40.5 Å². The molecule has 0 aliphatic carbocycles. The van der Waals surface area contributed by atoms with E-state index >= 15 is 0 Å². The number of nitrogens with one attached hydrogen (secondary N) is 2. The van der Waals surface area contributed by atoms with Crippen molar-refractivity contribution >= 4 is 34.0 Å². The molecule has 9 heteroatoms. The Kier molecular flexibility index (Phi) is 5.93. The molecule has 0 aliphatic rings. The molecule has 3 rings (SSSR count). The SMILES string of the molecule is Cc1c(NC(=O)Cc2csc(NC(=O)C(C)(C)C)n2)c(=O)n(-c2ccccc2)n1C. The summed E-state index contributed by atoms with van der Waals surface area (Å²) in [6.07, 6.45) is 0.000992. The van der Waals surface area contributed by atoms with Crippen LogP contribution in [-0.2, 0) is 23.1 Å². The number of rotatable bonds is 5. The number of hydrogen-bond donors (Lipinski definition) is 2. The van der Waals surface area contributed by atoms with Crippen molar-refractivity contribution in [3.05, 3.63) is 57.5 Å². The van der Waals surface area contributed by atoms with E-state index < -0.39 is 5.41 Å². The van der Waals surface area contributed by atoms with Crippen LogP contribution in [0.25, 0.3) is 5.69 Å². The molecule has 0 radical (unpaired) electrons. The summed E-state index contributed by atoms with van der Waals surface area (Å²) in [6, 6.07) is 9.23. The third-order valence-corrected chi connectivity index (χ3v) is 5.42. The molecular formula is C21H25N5O3S. The predicted octanol–water partition coefficient (Wildman–Crippen LogP) is 3.11. The van der Waals surface area contributed by atoms with Crippen molar-refractivity contribution in [1.29, 1.82) is 0 Å². The van der Waals surface area contributed by atoms with Gasteiger partial charge in [-0.2, -0.15) is 0 Å². The molecule has 30 heavy (non-hydrogen) atoms. The molecule has 3 aromatic rings. The third kappa shape index (κ3) is 4.51. The number of nitrogens with zero attached hydrogens (tertiary/aromatic N) is 3. The van der Waals surface area contributed by atoms with Crippen LogP contribution in [0.3, 0.4) is 0 Å². The molecule has 0 bridgehead atoms. The van der Waals surface area contributed by atoms with Gasteiger partial charge >= 0.3 is 0 Å². The summed E-state index contributed by atoms with van der Waals surface area (Å²) in [4.78, 5) is 41.8. The molecule has 0 atom stereocenters. The van der Waals surface area contributed by atoms with Gasteiger partial charge in [-0.25, -0.2) is 9.67 Å². The fourth-order valence-electron chi connectivity index (χ4n) is 2.79. The maximum atomic E-state index is 12.9. The smallest absolute Gasteiger partial charge is 0.295 e. The Labute approximate surface area is 178 Å². The molecule has 2 aromatic heterocycles. The summed E-state index contributed by atoms with van der Waals surface area (Å²) < 4.78 is 3.21. The zero-order valence-electron chi connectivity index (χ0n) is 17.6. The second-order valence-corrected chi connectivity index (χ2v) is 8.87.